The minimum Gasteiger partial charge on any atom is -0.370 e. The zero-order chi connectivity index (χ0) is 16.1. The Morgan fingerprint density at radius 2 is 2.29 bits per heavy atom. The Balaban J connectivity index is 1.46. The number of likely N-dealkylation sites (tertiary alicyclic amines) is 1. The largest absolute Gasteiger partial charge is 0.370 e. The van der Waals surface area contributed by atoms with Gasteiger partial charge in [-0.05, 0) is 18.6 Å². The molecule has 5 heterocycles. The molecule has 0 aliphatic carbocycles. The monoisotopic (exact) mass is 325 g/mol. The molecule has 3 aromatic heterocycles. The number of piperidine rings is 1. The number of hydrogen-bond acceptors (Lipinski definition) is 6. The zero-order valence-corrected chi connectivity index (χ0v) is 12.8. The van der Waals surface area contributed by atoms with Gasteiger partial charge in [-0.3, -0.25) is 9.20 Å². The lowest BCUT2D eigenvalue weighted by molar-refractivity contribution is -0.0604. The second-order valence-corrected chi connectivity index (χ2v) is 6.11. The summed E-state index contributed by atoms with van der Waals surface area (Å²) in [7, 11) is 0. The van der Waals surface area contributed by atoms with E-state index < -0.39 is 0 Å². The van der Waals surface area contributed by atoms with Gasteiger partial charge in [-0.2, -0.15) is 0 Å². The first kappa shape index (κ1) is 13.6. The summed E-state index contributed by atoms with van der Waals surface area (Å²) in [6.45, 7) is 1.73. The third-order valence-electron chi connectivity index (χ3n) is 4.77. The molecule has 0 N–H and O–H groups in total. The van der Waals surface area contributed by atoms with Crippen molar-refractivity contribution < 1.29 is 9.53 Å². The van der Waals surface area contributed by atoms with Crippen molar-refractivity contribution >= 4 is 11.6 Å². The summed E-state index contributed by atoms with van der Waals surface area (Å²) in [5.41, 5.74) is 2.08. The number of pyridine rings is 1. The highest BCUT2D eigenvalue weighted by molar-refractivity contribution is 5.99. The van der Waals surface area contributed by atoms with E-state index in [1.807, 2.05) is 21.8 Å². The van der Waals surface area contributed by atoms with Gasteiger partial charge in [-0.15, -0.1) is 15.3 Å². The van der Waals surface area contributed by atoms with Crippen molar-refractivity contribution in [1.29, 1.82) is 0 Å². The smallest absolute Gasteiger partial charge is 0.257 e. The van der Waals surface area contributed by atoms with Crippen molar-refractivity contribution in [2.75, 3.05) is 13.1 Å². The highest BCUT2D eigenvalue weighted by Gasteiger charge is 2.38. The summed E-state index contributed by atoms with van der Waals surface area (Å²) < 4.78 is 9.54. The first-order valence-electron chi connectivity index (χ1n) is 7.89. The Kier molecular flexibility index (Phi) is 2.89. The van der Waals surface area contributed by atoms with Crippen LogP contribution in [0.2, 0.25) is 0 Å². The minimum absolute atomic E-state index is 0.00607. The number of fused-ring (bicyclic) bond motifs is 4. The van der Waals surface area contributed by atoms with Crippen molar-refractivity contribution in [3.05, 3.63) is 42.1 Å². The molecule has 0 bridgehead atoms. The summed E-state index contributed by atoms with van der Waals surface area (Å²) in [6.07, 6.45) is 6.00. The lowest BCUT2D eigenvalue weighted by Crippen LogP contribution is -2.50. The van der Waals surface area contributed by atoms with E-state index >= 15 is 0 Å². The molecule has 2 atom stereocenters. The minimum atomic E-state index is -0.0423. The number of rotatable bonds is 1. The Morgan fingerprint density at radius 3 is 3.25 bits per heavy atom. The maximum atomic E-state index is 13.0. The molecule has 0 unspecified atom stereocenters. The van der Waals surface area contributed by atoms with Crippen LogP contribution in [0.5, 0.6) is 0 Å². The Bertz CT molecular complexity index is 917. The van der Waals surface area contributed by atoms with Crippen molar-refractivity contribution in [2.45, 2.75) is 25.2 Å². The SMILES string of the molecule is O=C(c1cccn2cnnc12)N1CC[C@@H]2OCc3cnnn3[C@@H]2C1. The summed E-state index contributed by atoms with van der Waals surface area (Å²) >= 11 is 0. The number of carbonyl (C=O) groups is 1. The van der Waals surface area contributed by atoms with E-state index in [0.29, 0.717) is 30.9 Å². The molecule has 0 radical (unpaired) electrons. The van der Waals surface area contributed by atoms with Crippen LogP contribution in [0.4, 0.5) is 0 Å². The normalized spacial score (nSPS) is 23.1. The molecule has 24 heavy (non-hydrogen) atoms. The highest BCUT2D eigenvalue weighted by Crippen LogP contribution is 2.30. The molecule has 1 saturated heterocycles. The molecule has 0 aromatic carbocycles. The number of nitrogens with zero attached hydrogens (tertiary/aromatic N) is 7. The molecule has 1 fully saturated rings. The van der Waals surface area contributed by atoms with Gasteiger partial charge in [-0.1, -0.05) is 5.21 Å². The van der Waals surface area contributed by atoms with E-state index in [-0.39, 0.29) is 18.1 Å². The zero-order valence-electron chi connectivity index (χ0n) is 12.8. The lowest BCUT2D eigenvalue weighted by atomic mass is 9.99. The van der Waals surface area contributed by atoms with E-state index in [4.69, 9.17) is 4.74 Å². The summed E-state index contributed by atoms with van der Waals surface area (Å²) in [4.78, 5) is 14.8. The molecule has 2 aliphatic heterocycles. The van der Waals surface area contributed by atoms with Crippen LogP contribution < -0.4 is 0 Å². The second-order valence-electron chi connectivity index (χ2n) is 6.11. The summed E-state index contributed by atoms with van der Waals surface area (Å²) in [5.74, 6) is -0.0423. The van der Waals surface area contributed by atoms with Crippen LogP contribution in [0.3, 0.4) is 0 Å². The molecule has 122 valence electrons. The van der Waals surface area contributed by atoms with Crippen LogP contribution >= 0.6 is 0 Å². The number of carbonyl (C=O) groups excluding carboxylic acids is 1. The number of hydrogen-bond donors (Lipinski definition) is 0. The van der Waals surface area contributed by atoms with Gasteiger partial charge in [0.2, 0.25) is 0 Å². The molecule has 2 aliphatic rings. The Morgan fingerprint density at radius 1 is 1.33 bits per heavy atom. The average Bonchev–Trinajstić information content (AvgIpc) is 3.29. The number of amides is 1. The van der Waals surface area contributed by atoms with Crippen molar-refractivity contribution in [1.82, 2.24) is 34.5 Å². The molecule has 5 rings (SSSR count). The van der Waals surface area contributed by atoms with Gasteiger partial charge in [0.1, 0.15) is 6.33 Å². The summed E-state index contributed by atoms with van der Waals surface area (Å²) in [5, 5.41) is 16.1. The van der Waals surface area contributed by atoms with Crippen LogP contribution in [0, 0.1) is 0 Å². The molecule has 9 nitrogen and oxygen atoms in total. The maximum absolute atomic E-state index is 13.0. The van der Waals surface area contributed by atoms with Crippen molar-refractivity contribution in [3.63, 3.8) is 0 Å². The van der Waals surface area contributed by atoms with E-state index in [0.717, 1.165) is 12.1 Å². The molecular weight excluding hydrogens is 310 g/mol. The fourth-order valence-corrected chi connectivity index (χ4v) is 3.55. The van der Waals surface area contributed by atoms with E-state index in [1.165, 1.54) is 0 Å². The van der Waals surface area contributed by atoms with E-state index in [9.17, 15) is 4.79 Å². The molecule has 1 amide bonds. The van der Waals surface area contributed by atoms with Gasteiger partial charge >= 0.3 is 0 Å². The van der Waals surface area contributed by atoms with Gasteiger partial charge in [0.15, 0.2) is 5.65 Å². The molecule has 9 heteroatoms. The van der Waals surface area contributed by atoms with Crippen molar-refractivity contribution in [2.24, 2.45) is 0 Å². The molecule has 0 spiro atoms. The van der Waals surface area contributed by atoms with Crippen LogP contribution in [0.25, 0.3) is 5.65 Å². The highest BCUT2D eigenvalue weighted by atomic mass is 16.5. The van der Waals surface area contributed by atoms with Crippen molar-refractivity contribution in [3.8, 4) is 0 Å². The third-order valence-corrected chi connectivity index (χ3v) is 4.77. The van der Waals surface area contributed by atoms with Crippen LogP contribution in [0.15, 0.2) is 30.9 Å². The van der Waals surface area contributed by atoms with Gasteiger partial charge in [0.05, 0.1) is 36.2 Å². The maximum Gasteiger partial charge on any atom is 0.257 e. The van der Waals surface area contributed by atoms with Gasteiger partial charge < -0.3 is 9.64 Å². The summed E-state index contributed by atoms with van der Waals surface area (Å²) in [6, 6.07) is 3.62. The molecular formula is C15H15N7O2. The molecule has 0 saturated carbocycles. The van der Waals surface area contributed by atoms with Gasteiger partial charge in [-0.25, -0.2) is 4.68 Å². The Hall–Kier alpha value is -2.81. The van der Waals surface area contributed by atoms with Crippen LogP contribution in [-0.2, 0) is 11.3 Å². The number of ether oxygens (including phenoxy) is 1. The second kappa shape index (κ2) is 5.10. The Labute approximate surface area is 136 Å². The third kappa shape index (κ3) is 1.94. The van der Waals surface area contributed by atoms with E-state index in [1.54, 1.807) is 23.0 Å². The number of aromatic nitrogens is 6. The predicted octanol–water partition coefficient (Wildman–Crippen LogP) is 0.307. The quantitative estimate of drug-likeness (QED) is 0.639. The standard InChI is InChI=1S/C15H15N7O2/c23-15(11-2-1-4-21-9-17-18-14(11)21)20-5-3-13-12(7-20)22-10(8-24-13)6-16-19-22/h1-2,4,6,9,12-13H,3,5,7-8H2/t12-,13+/m1/s1. The first-order valence-corrected chi connectivity index (χ1v) is 7.89. The van der Waals surface area contributed by atoms with Gasteiger partial charge in [0, 0.05) is 19.3 Å². The lowest BCUT2D eigenvalue weighted by Gasteiger charge is -2.41. The average molecular weight is 325 g/mol. The topological polar surface area (TPSA) is 90.4 Å². The first-order chi connectivity index (χ1) is 11.8. The molecule has 3 aromatic rings. The fraction of sp³-hybridized carbons (Fsp3) is 0.400. The van der Waals surface area contributed by atoms with Crippen LogP contribution in [-0.4, -0.2) is 59.6 Å². The predicted molar refractivity (Wildman–Crippen MR) is 81.1 cm³/mol. The van der Waals surface area contributed by atoms with Crippen LogP contribution in [0.1, 0.15) is 28.5 Å². The van der Waals surface area contributed by atoms with Gasteiger partial charge in [0.25, 0.3) is 5.91 Å². The fourth-order valence-electron chi connectivity index (χ4n) is 3.55. The van der Waals surface area contributed by atoms with E-state index in [2.05, 4.69) is 20.5 Å².